The van der Waals surface area contributed by atoms with Gasteiger partial charge >= 0.3 is 6.03 Å². The number of fused-ring (bicyclic) bond motifs is 6. The lowest BCUT2D eigenvalue weighted by atomic mass is 9.84. The first-order valence-corrected chi connectivity index (χ1v) is 22.2. The number of phenolic OH excluding ortho intramolecular Hbond substituents is 1. The molecule has 1 unspecified atom stereocenters. The molecular formula is C49H63N7O7. The van der Waals surface area contributed by atoms with Crippen LogP contribution in [0.15, 0.2) is 54.7 Å². The standard InChI is InChI=1S/C49H63N7O7/c1-10-31-26-54(27-31)48(61)53(8)43(29(3)4)45(58)51-40-22-32-20-34(23-35(57)21-32)33-16-17-41-37(24-33)38(44(55(41)11-2)36-14-12-18-50-42(36)30(5)62-9)25-49(6,7)28-63-47(60)39-15-13-19-56(52-39)46(40)59/h1,12,14,16-18,20-21,23-24,29-31,39-40,43,47,52,57,60H,11,13,15,19,22,25-28H2,2-9H3,(H,51,58)/t30-,39-,40-,43-,47?/m0/s1. The maximum atomic E-state index is 14.7. The fourth-order valence-corrected chi connectivity index (χ4v) is 9.46. The number of likely N-dealkylation sites (N-methyl/N-ethyl adjacent to an activating group) is 1. The molecule has 0 radical (unpaired) electrons. The quantitative estimate of drug-likeness (QED) is 0.159. The number of benzene rings is 2. The fraction of sp³-hybridized carbons (Fsp3) is 0.510. The lowest BCUT2D eigenvalue weighted by Crippen LogP contribution is -2.63. The minimum atomic E-state index is -1.24. The van der Waals surface area contributed by atoms with Crippen LogP contribution < -0.4 is 10.7 Å². The highest BCUT2D eigenvalue weighted by Gasteiger charge is 2.40. The van der Waals surface area contributed by atoms with Gasteiger partial charge in [-0.05, 0) is 103 Å². The summed E-state index contributed by atoms with van der Waals surface area (Å²) in [5, 5.41) is 28.4. The molecule has 3 aliphatic heterocycles. The highest BCUT2D eigenvalue weighted by molar-refractivity contribution is 5.96. The maximum absolute atomic E-state index is 14.7. The van der Waals surface area contributed by atoms with Crippen molar-refractivity contribution >= 4 is 28.7 Å². The molecule has 2 fully saturated rings. The number of aromatic hydroxyl groups is 1. The molecule has 2 saturated heterocycles. The van der Waals surface area contributed by atoms with Crippen molar-refractivity contribution in [1.82, 2.24) is 35.1 Å². The van der Waals surface area contributed by atoms with Crippen molar-refractivity contribution < 1.29 is 34.1 Å². The van der Waals surface area contributed by atoms with E-state index in [-0.39, 0.29) is 42.7 Å². The number of nitrogens with zero attached hydrogens (tertiary/aromatic N) is 5. The van der Waals surface area contributed by atoms with E-state index in [4.69, 9.17) is 20.9 Å². The topological polar surface area (TPSA) is 162 Å². The van der Waals surface area contributed by atoms with Crippen LogP contribution in [0.1, 0.15) is 77.3 Å². The van der Waals surface area contributed by atoms with Gasteiger partial charge in [0.15, 0.2) is 6.29 Å². The lowest BCUT2D eigenvalue weighted by Gasteiger charge is -2.42. The number of pyridine rings is 1. The summed E-state index contributed by atoms with van der Waals surface area (Å²) in [7, 11) is 3.28. The normalized spacial score (nSPS) is 21.6. The van der Waals surface area contributed by atoms with Gasteiger partial charge in [-0.15, -0.1) is 6.42 Å². The Balaban J connectivity index is 1.33. The van der Waals surface area contributed by atoms with Gasteiger partial charge in [-0.1, -0.05) is 45.7 Å². The number of hydrogen-bond acceptors (Lipinski definition) is 9. The Morgan fingerprint density at radius 3 is 2.60 bits per heavy atom. The van der Waals surface area contributed by atoms with Crippen LogP contribution in [0.5, 0.6) is 5.75 Å². The second kappa shape index (κ2) is 18.7. The second-order valence-electron chi connectivity index (χ2n) is 18.5. The zero-order valence-electron chi connectivity index (χ0n) is 37.9. The molecule has 14 nitrogen and oxygen atoms in total. The van der Waals surface area contributed by atoms with Gasteiger partial charge in [0.25, 0.3) is 5.91 Å². The van der Waals surface area contributed by atoms with Crippen LogP contribution in [0.3, 0.4) is 0 Å². The number of carbonyl (C=O) groups is 3. The van der Waals surface area contributed by atoms with E-state index in [1.807, 2.05) is 39.0 Å². The lowest BCUT2D eigenvalue weighted by molar-refractivity contribution is -0.164. The number of rotatable bonds is 8. The summed E-state index contributed by atoms with van der Waals surface area (Å²) in [5.74, 6) is 1.47. The van der Waals surface area contributed by atoms with E-state index in [0.717, 1.165) is 44.5 Å². The number of hydrogen-bond donors (Lipinski definition) is 4. The number of likely N-dealkylation sites (tertiary alicyclic amines) is 1. The molecule has 336 valence electrons. The predicted molar refractivity (Wildman–Crippen MR) is 242 cm³/mol. The largest absolute Gasteiger partial charge is 0.508 e. The Bertz CT molecular complexity index is 2380. The summed E-state index contributed by atoms with van der Waals surface area (Å²) in [5.41, 5.74) is 9.92. The third-order valence-corrected chi connectivity index (χ3v) is 12.8. The van der Waals surface area contributed by atoms with Crippen molar-refractivity contribution in [1.29, 1.82) is 0 Å². The molecular weight excluding hydrogens is 799 g/mol. The van der Waals surface area contributed by atoms with Crippen LogP contribution in [-0.4, -0.2) is 117 Å². The molecule has 4 amide bonds. The Morgan fingerprint density at radius 1 is 1.14 bits per heavy atom. The van der Waals surface area contributed by atoms with Crippen molar-refractivity contribution in [3.8, 4) is 40.5 Å². The minimum Gasteiger partial charge on any atom is -0.508 e. The van der Waals surface area contributed by atoms with E-state index in [0.29, 0.717) is 51.0 Å². The van der Waals surface area contributed by atoms with Gasteiger partial charge in [-0.25, -0.2) is 10.2 Å². The van der Waals surface area contributed by atoms with E-state index in [2.05, 4.69) is 60.2 Å². The first-order chi connectivity index (χ1) is 30.0. The molecule has 2 aromatic heterocycles. The number of aromatic nitrogens is 2. The maximum Gasteiger partial charge on any atom is 0.320 e. The second-order valence-corrected chi connectivity index (χ2v) is 18.5. The monoisotopic (exact) mass is 861 g/mol. The number of ether oxygens (including phenoxy) is 2. The molecule has 4 aromatic rings. The molecule has 7 rings (SSSR count). The van der Waals surface area contributed by atoms with Crippen LogP contribution in [-0.2, 0) is 38.4 Å². The van der Waals surface area contributed by atoms with Crippen molar-refractivity contribution in [2.45, 2.75) is 104 Å². The van der Waals surface area contributed by atoms with Gasteiger partial charge in [0.05, 0.1) is 36.1 Å². The molecule has 2 aromatic carbocycles. The van der Waals surface area contributed by atoms with Crippen molar-refractivity contribution in [3.63, 3.8) is 0 Å². The average molecular weight is 862 g/mol. The molecule has 6 bridgehead atoms. The molecule has 4 N–H and O–H groups in total. The van der Waals surface area contributed by atoms with Gasteiger partial charge in [0.2, 0.25) is 5.91 Å². The molecule has 0 aliphatic carbocycles. The fourth-order valence-electron chi connectivity index (χ4n) is 9.46. The highest BCUT2D eigenvalue weighted by Crippen LogP contribution is 2.42. The van der Waals surface area contributed by atoms with Crippen molar-refractivity contribution in [2.75, 3.05) is 40.4 Å². The molecule has 0 spiro atoms. The number of hydrazine groups is 1. The summed E-state index contributed by atoms with van der Waals surface area (Å²) in [4.78, 5) is 50.4. The van der Waals surface area contributed by atoms with Crippen molar-refractivity contribution in [3.05, 3.63) is 71.5 Å². The Hall–Kier alpha value is -5.46. The number of terminal acetylenes is 1. The summed E-state index contributed by atoms with van der Waals surface area (Å²) >= 11 is 0. The van der Waals surface area contributed by atoms with Gasteiger partial charge in [0, 0.05) is 69.4 Å². The highest BCUT2D eigenvalue weighted by atomic mass is 16.6. The molecule has 63 heavy (non-hydrogen) atoms. The Kier molecular flexibility index (Phi) is 13.5. The number of amides is 4. The van der Waals surface area contributed by atoms with Crippen LogP contribution in [0.2, 0.25) is 0 Å². The Labute approximate surface area is 370 Å². The number of nitrogens with one attached hydrogen (secondary N) is 2. The third kappa shape index (κ3) is 9.43. The average Bonchev–Trinajstić information content (AvgIpc) is 3.55. The molecule has 0 saturated carbocycles. The summed E-state index contributed by atoms with van der Waals surface area (Å²) in [6, 6.07) is 12.7. The van der Waals surface area contributed by atoms with Gasteiger partial charge < -0.3 is 39.4 Å². The molecule has 5 heterocycles. The number of urea groups is 1. The van der Waals surface area contributed by atoms with E-state index in [9.17, 15) is 24.6 Å². The minimum absolute atomic E-state index is 0.0119. The van der Waals surface area contributed by atoms with Gasteiger partial charge in [-0.3, -0.25) is 19.6 Å². The van der Waals surface area contributed by atoms with Crippen LogP contribution in [0.25, 0.3) is 33.3 Å². The smallest absolute Gasteiger partial charge is 0.320 e. The number of phenols is 1. The van der Waals surface area contributed by atoms with E-state index in [1.54, 1.807) is 37.4 Å². The van der Waals surface area contributed by atoms with Gasteiger partial charge in [0.1, 0.15) is 17.8 Å². The van der Waals surface area contributed by atoms with Gasteiger partial charge in [-0.2, -0.15) is 0 Å². The summed E-state index contributed by atoms with van der Waals surface area (Å²) in [6.07, 6.45) is 7.61. The SMILES string of the molecule is C#CC1CN(C(=O)N(C)[C@H](C(=O)N[C@H]2Cc3cc(O)cc(c3)-c3ccc4c(c3)c(c(-c3cccnc3[C@H](C)OC)n4CC)CC(C)(C)COC(O)[C@@H]3CCCN(N3)C2=O)C(C)C)C1. The first kappa shape index (κ1) is 45.6. The van der Waals surface area contributed by atoms with Crippen LogP contribution in [0, 0.1) is 29.6 Å². The third-order valence-electron chi connectivity index (χ3n) is 12.8. The molecule has 3 aliphatic rings. The van der Waals surface area contributed by atoms with E-state index in [1.165, 1.54) is 9.91 Å². The summed E-state index contributed by atoms with van der Waals surface area (Å²) in [6.45, 7) is 14.1. The van der Waals surface area contributed by atoms with Crippen LogP contribution in [0.4, 0.5) is 4.79 Å². The first-order valence-electron chi connectivity index (χ1n) is 22.2. The van der Waals surface area contributed by atoms with E-state index < -0.39 is 41.6 Å². The number of methoxy groups -OCH3 is 1. The molecule has 14 heteroatoms. The van der Waals surface area contributed by atoms with Crippen LogP contribution >= 0.6 is 0 Å². The number of aryl methyl sites for hydroxylation is 1. The Morgan fingerprint density at radius 2 is 1.90 bits per heavy atom. The summed E-state index contributed by atoms with van der Waals surface area (Å²) < 4.78 is 14.4. The number of aliphatic hydroxyl groups is 1. The number of carbonyl (C=O) groups excluding carboxylic acids is 3. The zero-order chi connectivity index (χ0) is 45.3. The number of aliphatic hydroxyl groups excluding tert-OH is 1. The van der Waals surface area contributed by atoms with Crippen molar-refractivity contribution in [2.24, 2.45) is 17.3 Å². The zero-order valence-corrected chi connectivity index (χ0v) is 37.9. The van der Waals surface area contributed by atoms with E-state index >= 15 is 0 Å². The molecule has 5 atom stereocenters. The predicted octanol–water partition coefficient (Wildman–Crippen LogP) is 5.88.